The molecule has 2 atom stereocenters. The van der Waals surface area contributed by atoms with Crippen LogP contribution in [0.3, 0.4) is 0 Å². The van der Waals surface area contributed by atoms with Gasteiger partial charge in [-0.1, -0.05) is 23.9 Å². The number of carbonyl (C=O) groups is 3. The number of Topliss-reactive ketones (excluding diaryl/α,β-unsaturated/α-hetero) is 1. The van der Waals surface area contributed by atoms with Gasteiger partial charge in [0.2, 0.25) is 5.91 Å². The Balaban J connectivity index is 1.96. The highest BCUT2D eigenvalue weighted by Gasteiger charge is 2.49. The van der Waals surface area contributed by atoms with Crippen molar-refractivity contribution in [3.05, 3.63) is 29.8 Å². The number of carboxylic acid groups (broad SMARTS) is 1. The van der Waals surface area contributed by atoms with E-state index in [2.05, 4.69) is 4.99 Å². The molecule has 27 heavy (non-hydrogen) atoms. The minimum Gasteiger partial charge on any atom is -0.481 e. The van der Waals surface area contributed by atoms with Crippen LogP contribution in [0.15, 0.2) is 29.3 Å². The summed E-state index contributed by atoms with van der Waals surface area (Å²) in [4.78, 5) is 40.1. The van der Waals surface area contributed by atoms with Gasteiger partial charge in [-0.25, -0.2) is 8.42 Å². The van der Waals surface area contributed by atoms with E-state index in [4.69, 9.17) is 5.11 Å². The number of sulfone groups is 1. The lowest BCUT2D eigenvalue weighted by Gasteiger charge is -2.24. The summed E-state index contributed by atoms with van der Waals surface area (Å²) in [6.07, 6.45) is -0.546. The topological polar surface area (TPSA) is 121 Å². The minimum absolute atomic E-state index is 0.00638. The fraction of sp³-hybridized carbons (Fsp3) is 0.412. The lowest BCUT2D eigenvalue weighted by atomic mass is 10.1. The Labute approximate surface area is 160 Å². The number of amidine groups is 1. The molecule has 1 amide bonds. The van der Waals surface area contributed by atoms with Gasteiger partial charge in [-0.2, -0.15) is 4.99 Å². The second kappa shape index (κ2) is 7.43. The van der Waals surface area contributed by atoms with Crippen LogP contribution in [0.1, 0.15) is 30.1 Å². The van der Waals surface area contributed by atoms with Gasteiger partial charge in [-0.15, -0.1) is 0 Å². The van der Waals surface area contributed by atoms with Crippen LogP contribution < -0.4 is 4.90 Å². The normalized spacial score (nSPS) is 24.8. The van der Waals surface area contributed by atoms with E-state index in [1.807, 2.05) is 0 Å². The van der Waals surface area contributed by atoms with Gasteiger partial charge in [-0.05, 0) is 19.1 Å². The lowest BCUT2D eigenvalue weighted by molar-refractivity contribution is -0.138. The molecule has 8 nitrogen and oxygen atoms in total. The van der Waals surface area contributed by atoms with Crippen molar-refractivity contribution < 1.29 is 27.9 Å². The Morgan fingerprint density at radius 3 is 2.67 bits per heavy atom. The standard InChI is InChI=1S/C17H18N2O6S2/c1-10(20)11-3-2-4-12(7-11)19-13-8-27(24,25)9-14(13)26-17(19)18-15(21)5-6-16(22)23/h2-4,7,13-14H,5-6,8-9H2,1H3,(H,22,23)/t13-,14+/m1/s1. The number of hydrogen-bond acceptors (Lipinski definition) is 6. The third-order valence-electron chi connectivity index (χ3n) is 4.37. The lowest BCUT2D eigenvalue weighted by Crippen LogP contribution is -2.37. The number of hydrogen-bond donors (Lipinski definition) is 1. The summed E-state index contributed by atoms with van der Waals surface area (Å²) in [5.41, 5.74) is 1.06. The molecule has 2 aliphatic rings. The Bertz CT molecular complexity index is 940. The van der Waals surface area contributed by atoms with Crippen LogP contribution >= 0.6 is 11.8 Å². The summed E-state index contributed by atoms with van der Waals surface area (Å²) in [6.45, 7) is 1.44. The van der Waals surface area contributed by atoms with Crippen molar-refractivity contribution in [3.63, 3.8) is 0 Å². The number of amides is 1. The molecule has 0 bridgehead atoms. The van der Waals surface area contributed by atoms with Crippen molar-refractivity contribution in [2.45, 2.75) is 31.1 Å². The maximum Gasteiger partial charge on any atom is 0.303 e. The molecule has 0 spiro atoms. The highest BCUT2D eigenvalue weighted by molar-refractivity contribution is 8.16. The maximum atomic E-state index is 12.0. The van der Waals surface area contributed by atoms with E-state index in [1.54, 1.807) is 29.2 Å². The van der Waals surface area contributed by atoms with E-state index >= 15 is 0 Å². The van der Waals surface area contributed by atoms with Crippen LogP contribution in [0.2, 0.25) is 0 Å². The summed E-state index contributed by atoms with van der Waals surface area (Å²) in [5, 5.41) is 8.79. The van der Waals surface area contributed by atoms with Crippen LogP contribution in [-0.4, -0.2) is 59.1 Å². The zero-order valence-electron chi connectivity index (χ0n) is 14.5. The van der Waals surface area contributed by atoms with Crippen LogP contribution in [-0.2, 0) is 19.4 Å². The quantitative estimate of drug-likeness (QED) is 0.722. The van der Waals surface area contributed by atoms with E-state index < -0.39 is 21.7 Å². The summed E-state index contributed by atoms with van der Waals surface area (Å²) in [5.74, 6) is -1.85. The Kier molecular flexibility index (Phi) is 5.38. The van der Waals surface area contributed by atoms with E-state index in [1.165, 1.54) is 18.7 Å². The summed E-state index contributed by atoms with van der Waals surface area (Å²) >= 11 is 1.21. The minimum atomic E-state index is -3.19. The van der Waals surface area contributed by atoms with Gasteiger partial charge < -0.3 is 10.0 Å². The molecular weight excluding hydrogens is 392 g/mol. The van der Waals surface area contributed by atoms with E-state index in [9.17, 15) is 22.8 Å². The molecule has 0 radical (unpaired) electrons. The zero-order valence-corrected chi connectivity index (χ0v) is 16.1. The summed E-state index contributed by atoms with van der Waals surface area (Å²) in [7, 11) is -3.19. The van der Waals surface area contributed by atoms with Gasteiger partial charge >= 0.3 is 5.97 Å². The number of anilines is 1. The van der Waals surface area contributed by atoms with Crippen LogP contribution in [0, 0.1) is 0 Å². The first kappa shape index (κ1) is 19.6. The maximum absolute atomic E-state index is 12.0. The molecule has 10 heteroatoms. The molecule has 0 aromatic heterocycles. The van der Waals surface area contributed by atoms with Gasteiger partial charge in [0.05, 0.1) is 24.0 Å². The van der Waals surface area contributed by atoms with E-state index in [-0.39, 0.29) is 41.4 Å². The number of nitrogens with zero attached hydrogens (tertiary/aromatic N) is 2. The molecular formula is C17H18N2O6S2. The third kappa shape index (κ3) is 4.38. The van der Waals surface area contributed by atoms with Gasteiger partial charge in [0.15, 0.2) is 20.8 Å². The monoisotopic (exact) mass is 410 g/mol. The predicted octanol–water partition coefficient (Wildman–Crippen LogP) is 1.36. The molecule has 2 fully saturated rings. The fourth-order valence-electron chi connectivity index (χ4n) is 3.12. The van der Waals surface area contributed by atoms with Crippen molar-refractivity contribution in [2.75, 3.05) is 16.4 Å². The first-order chi connectivity index (χ1) is 12.7. The fourth-order valence-corrected chi connectivity index (χ4v) is 7.05. The molecule has 2 saturated heterocycles. The molecule has 2 aliphatic heterocycles. The molecule has 2 heterocycles. The number of carboxylic acids is 1. The van der Waals surface area contributed by atoms with Crippen LogP contribution in [0.25, 0.3) is 0 Å². The van der Waals surface area contributed by atoms with Crippen molar-refractivity contribution in [2.24, 2.45) is 4.99 Å². The molecule has 0 aliphatic carbocycles. The number of carbonyl (C=O) groups excluding carboxylic acids is 2. The average molecular weight is 410 g/mol. The number of benzene rings is 1. The van der Waals surface area contributed by atoms with Crippen molar-refractivity contribution >= 4 is 50.1 Å². The number of fused-ring (bicyclic) bond motifs is 1. The molecule has 144 valence electrons. The first-order valence-corrected chi connectivity index (χ1v) is 11.0. The Morgan fingerprint density at radius 1 is 1.26 bits per heavy atom. The third-order valence-corrected chi connectivity index (χ3v) is 7.58. The van der Waals surface area contributed by atoms with E-state index in [0.29, 0.717) is 16.4 Å². The number of rotatable bonds is 5. The van der Waals surface area contributed by atoms with Gasteiger partial charge in [0, 0.05) is 22.9 Å². The van der Waals surface area contributed by atoms with Crippen molar-refractivity contribution in [1.82, 2.24) is 0 Å². The van der Waals surface area contributed by atoms with Crippen LogP contribution in [0.4, 0.5) is 5.69 Å². The van der Waals surface area contributed by atoms with Gasteiger partial charge in [0.1, 0.15) is 0 Å². The Hall–Kier alpha value is -2.20. The molecule has 0 unspecified atom stereocenters. The molecule has 1 aromatic rings. The highest BCUT2D eigenvalue weighted by atomic mass is 32.2. The first-order valence-electron chi connectivity index (χ1n) is 8.27. The van der Waals surface area contributed by atoms with Gasteiger partial charge in [-0.3, -0.25) is 14.4 Å². The molecule has 3 rings (SSSR count). The molecule has 1 N–H and O–H groups in total. The zero-order chi connectivity index (χ0) is 19.8. The number of aliphatic carboxylic acids is 1. The SMILES string of the molecule is CC(=O)c1cccc(N2C(=NC(=O)CCC(=O)O)S[C@H]3CS(=O)(=O)C[C@H]32)c1. The second-order valence-electron chi connectivity index (χ2n) is 6.46. The second-order valence-corrected chi connectivity index (χ2v) is 9.82. The largest absolute Gasteiger partial charge is 0.481 e. The number of aliphatic imine (C=N–C) groups is 1. The van der Waals surface area contributed by atoms with Crippen molar-refractivity contribution in [1.29, 1.82) is 0 Å². The summed E-state index contributed by atoms with van der Waals surface area (Å²) in [6, 6.07) is 6.35. The number of thioether (sulfide) groups is 1. The smallest absolute Gasteiger partial charge is 0.303 e. The molecule has 1 aromatic carbocycles. The summed E-state index contributed by atoms with van der Waals surface area (Å²) < 4.78 is 24.1. The highest BCUT2D eigenvalue weighted by Crippen LogP contribution is 2.41. The molecule has 0 saturated carbocycles. The van der Waals surface area contributed by atoms with Crippen LogP contribution in [0.5, 0.6) is 0 Å². The number of ketones is 1. The average Bonchev–Trinajstić information content (AvgIpc) is 3.03. The van der Waals surface area contributed by atoms with Crippen molar-refractivity contribution in [3.8, 4) is 0 Å². The van der Waals surface area contributed by atoms with Gasteiger partial charge in [0.25, 0.3) is 0 Å². The van der Waals surface area contributed by atoms with E-state index in [0.717, 1.165) is 0 Å². The Morgan fingerprint density at radius 2 is 2.00 bits per heavy atom. The predicted molar refractivity (Wildman–Crippen MR) is 102 cm³/mol.